The quantitative estimate of drug-likeness (QED) is 0.468. The maximum absolute atomic E-state index is 11.2. The third-order valence-electron chi connectivity index (χ3n) is 1.85. The number of carboxylic acid groups (broad SMARTS) is 1. The number of non-ortho nitro benzene ring substituents is 1. The zero-order valence-electron chi connectivity index (χ0n) is 8.17. The molecule has 0 aliphatic rings. The van der Waals surface area contributed by atoms with Crippen LogP contribution in [-0.2, 0) is 4.74 Å². The summed E-state index contributed by atoms with van der Waals surface area (Å²) < 4.78 is 4.36. The third kappa shape index (κ3) is 2.14. The number of nitro benzene ring substituents is 1. The van der Waals surface area contributed by atoms with E-state index in [9.17, 15) is 19.7 Å². The Balaban J connectivity index is 3.36. The van der Waals surface area contributed by atoms with Gasteiger partial charge in [-0.25, -0.2) is 9.59 Å². The first-order chi connectivity index (χ1) is 7.47. The predicted octanol–water partition coefficient (Wildman–Crippen LogP) is 1.08. The molecule has 1 N–H and O–H groups in total. The molecule has 0 aliphatic heterocycles. The Morgan fingerprint density at radius 2 is 2.00 bits per heavy atom. The van der Waals surface area contributed by atoms with Gasteiger partial charge < -0.3 is 9.84 Å². The highest BCUT2D eigenvalue weighted by atomic mass is 16.6. The number of esters is 1. The van der Waals surface area contributed by atoms with E-state index in [1.54, 1.807) is 0 Å². The second kappa shape index (κ2) is 4.39. The van der Waals surface area contributed by atoms with Gasteiger partial charge in [0.2, 0.25) is 0 Å². The lowest BCUT2D eigenvalue weighted by Crippen LogP contribution is -2.10. The molecule has 1 aromatic carbocycles. The van der Waals surface area contributed by atoms with Crippen LogP contribution in [0.3, 0.4) is 0 Å². The summed E-state index contributed by atoms with van der Waals surface area (Å²) in [5.74, 6) is -2.28. The van der Waals surface area contributed by atoms with E-state index in [-0.39, 0.29) is 5.56 Å². The SMILES string of the molecule is COC(=O)c1ccc([N+](=O)[O-])cc1C(=O)O. The largest absolute Gasteiger partial charge is 0.478 e. The van der Waals surface area contributed by atoms with Gasteiger partial charge in [0.15, 0.2) is 0 Å². The molecular formula is C9H7NO6. The number of rotatable bonds is 3. The van der Waals surface area contributed by atoms with E-state index in [0.717, 1.165) is 25.3 Å². The van der Waals surface area contributed by atoms with Crippen molar-refractivity contribution in [1.82, 2.24) is 0 Å². The van der Waals surface area contributed by atoms with E-state index in [4.69, 9.17) is 5.11 Å². The van der Waals surface area contributed by atoms with E-state index in [1.807, 2.05) is 0 Å². The fourth-order valence-electron chi connectivity index (χ4n) is 1.11. The van der Waals surface area contributed by atoms with Crippen LogP contribution in [0.15, 0.2) is 18.2 Å². The average molecular weight is 225 g/mol. The molecule has 0 unspecified atom stereocenters. The van der Waals surface area contributed by atoms with Crippen molar-refractivity contribution in [3.05, 3.63) is 39.4 Å². The Morgan fingerprint density at radius 1 is 1.38 bits per heavy atom. The van der Waals surface area contributed by atoms with Crippen LogP contribution >= 0.6 is 0 Å². The summed E-state index contributed by atoms with van der Waals surface area (Å²) in [7, 11) is 1.09. The summed E-state index contributed by atoms with van der Waals surface area (Å²) in [6.45, 7) is 0. The topological polar surface area (TPSA) is 107 Å². The van der Waals surface area contributed by atoms with Crippen molar-refractivity contribution >= 4 is 17.6 Å². The fourth-order valence-corrected chi connectivity index (χ4v) is 1.11. The normalized spacial score (nSPS) is 9.56. The number of ether oxygens (including phenoxy) is 1. The van der Waals surface area contributed by atoms with Gasteiger partial charge in [0, 0.05) is 12.1 Å². The Kier molecular flexibility index (Phi) is 3.19. The maximum atomic E-state index is 11.2. The van der Waals surface area contributed by atoms with Crippen molar-refractivity contribution in [1.29, 1.82) is 0 Å². The molecule has 0 aliphatic carbocycles. The van der Waals surface area contributed by atoms with Crippen LogP contribution in [0.1, 0.15) is 20.7 Å². The van der Waals surface area contributed by atoms with E-state index in [2.05, 4.69) is 4.74 Å². The van der Waals surface area contributed by atoms with Gasteiger partial charge in [0.1, 0.15) is 0 Å². The zero-order valence-corrected chi connectivity index (χ0v) is 8.17. The highest BCUT2D eigenvalue weighted by molar-refractivity contribution is 6.02. The summed E-state index contributed by atoms with van der Waals surface area (Å²) in [5.41, 5.74) is -1.08. The first-order valence-corrected chi connectivity index (χ1v) is 4.07. The molecule has 7 heteroatoms. The third-order valence-corrected chi connectivity index (χ3v) is 1.85. The number of benzene rings is 1. The molecular weight excluding hydrogens is 218 g/mol. The minimum Gasteiger partial charge on any atom is -0.478 e. The molecule has 0 fully saturated rings. The lowest BCUT2D eigenvalue weighted by atomic mass is 10.1. The van der Waals surface area contributed by atoms with Crippen molar-refractivity contribution in [3.8, 4) is 0 Å². The monoisotopic (exact) mass is 225 g/mol. The van der Waals surface area contributed by atoms with E-state index in [1.165, 1.54) is 0 Å². The molecule has 1 aromatic rings. The zero-order chi connectivity index (χ0) is 12.3. The molecule has 0 saturated carbocycles. The predicted molar refractivity (Wildman–Crippen MR) is 51.4 cm³/mol. The number of nitro groups is 1. The molecule has 0 saturated heterocycles. The molecule has 84 valence electrons. The van der Waals surface area contributed by atoms with Crippen molar-refractivity contribution < 1.29 is 24.4 Å². The van der Waals surface area contributed by atoms with Crippen LogP contribution in [0.5, 0.6) is 0 Å². The molecule has 0 radical (unpaired) electrons. The number of carbonyl (C=O) groups excluding carboxylic acids is 1. The van der Waals surface area contributed by atoms with Crippen LogP contribution in [0.2, 0.25) is 0 Å². The summed E-state index contributed by atoms with van der Waals surface area (Å²) in [4.78, 5) is 31.6. The molecule has 0 aromatic heterocycles. The van der Waals surface area contributed by atoms with Crippen molar-refractivity contribution in [2.75, 3.05) is 7.11 Å². The van der Waals surface area contributed by atoms with Gasteiger partial charge in [-0.3, -0.25) is 10.1 Å². The van der Waals surface area contributed by atoms with E-state index >= 15 is 0 Å². The van der Waals surface area contributed by atoms with Gasteiger partial charge in [-0.1, -0.05) is 0 Å². The molecule has 0 amide bonds. The summed E-state index contributed by atoms with van der Waals surface area (Å²) in [5, 5.41) is 19.2. The van der Waals surface area contributed by atoms with E-state index in [0.29, 0.717) is 0 Å². The molecule has 7 nitrogen and oxygen atoms in total. The lowest BCUT2D eigenvalue weighted by Gasteiger charge is -2.03. The first kappa shape index (κ1) is 11.6. The summed E-state index contributed by atoms with van der Waals surface area (Å²) >= 11 is 0. The van der Waals surface area contributed by atoms with Gasteiger partial charge >= 0.3 is 11.9 Å². The van der Waals surface area contributed by atoms with Gasteiger partial charge in [0.25, 0.3) is 5.69 Å². The van der Waals surface area contributed by atoms with Gasteiger partial charge in [-0.2, -0.15) is 0 Å². The second-order valence-electron chi connectivity index (χ2n) is 2.78. The van der Waals surface area contributed by atoms with Crippen LogP contribution in [-0.4, -0.2) is 29.1 Å². The number of hydrogen-bond acceptors (Lipinski definition) is 5. The minimum atomic E-state index is -1.43. The maximum Gasteiger partial charge on any atom is 0.338 e. The first-order valence-electron chi connectivity index (χ1n) is 4.07. The van der Waals surface area contributed by atoms with Gasteiger partial charge in [0.05, 0.1) is 23.2 Å². The van der Waals surface area contributed by atoms with Gasteiger partial charge in [-0.15, -0.1) is 0 Å². The number of methoxy groups -OCH3 is 1. The Morgan fingerprint density at radius 3 is 2.44 bits per heavy atom. The molecule has 0 atom stereocenters. The Labute approximate surface area is 89.4 Å². The molecule has 0 bridgehead atoms. The Bertz CT molecular complexity index is 467. The number of hydrogen-bond donors (Lipinski definition) is 1. The van der Waals surface area contributed by atoms with Crippen molar-refractivity contribution in [2.24, 2.45) is 0 Å². The summed E-state index contributed by atoms with van der Waals surface area (Å²) in [6.07, 6.45) is 0. The number of aromatic carboxylic acids is 1. The minimum absolute atomic E-state index is 0.222. The summed E-state index contributed by atoms with van der Waals surface area (Å²) in [6, 6.07) is 2.90. The van der Waals surface area contributed by atoms with Crippen LogP contribution in [0, 0.1) is 10.1 Å². The van der Waals surface area contributed by atoms with Crippen molar-refractivity contribution in [3.63, 3.8) is 0 Å². The number of carboxylic acids is 1. The molecule has 0 spiro atoms. The Hall–Kier alpha value is -2.44. The molecule has 1 rings (SSSR count). The fraction of sp³-hybridized carbons (Fsp3) is 0.111. The standard InChI is InChI=1S/C9H7NO6/c1-16-9(13)6-3-2-5(10(14)15)4-7(6)8(11)12/h2-4H,1H3,(H,11,12). The number of nitrogens with zero attached hydrogens (tertiary/aromatic N) is 1. The van der Waals surface area contributed by atoms with Gasteiger partial charge in [-0.05, 0) is 6.07 Å². The van der Waals surface area contributed by atoms with Crippen LogP contribution < -0.4 is 0 Å². The van der Waals surface area contributed by atoms with E-state index < -0.39 is 28.1 Å². The van der Waals surface area contributed by atoms with Crippen LogP contribution in [0.4, 0.5) is 5.69 Å². The lowest BCUT2D eigenvalue weighted by molar-refractivity contribution is -0.384. The smallest absolute Gasteiger partial charge is 0.338 e. The highest BCUT2D eigenvalue weighted by Gasteiger charge is 2.20. The number of carbonyl (C=O) groups is 2. The van der Waals surface area contributed by atoms with Crippen LogP contribution in [0.25, 0.3) is 0 Å². The second-order valence-corrected chi connectivity index (χ2v) is 2.78. The highest BCUT2D eigenvalue weighted by Crippen LogP contribution is 2.18. The molecule has 0 heterocycles. The average Bonchev–Trinajstić information content (AvgIpc) is 2.26. The van der Waals surface area contributed by atoms with Crippen molar-refractivity contribution in [2.45, 2.75) is 0 Å². The molecule has 16 heavy (non-hydrogen) atoms.